The monoisotopic (exact) mass is 362 g/mol. The topological polar surface area (TPSA) is 80.5 Å². The van der Waals surface area contributed by atoms with Crippen molar-refractivity contribution >= 4 is 17.5 Å². The van der Waals surface area contributed by atoms with Gasteiger partial charge >= 0.3 is 0 Å². The fourth-order valence-electron chi connectivity index (χ4n) is 3.55. The number of aryl methyl sites for hydroxylation is 1. The van der Waals surface area contributed by atoms with Gasteiger partial charge < -0.3 is 10.1 Å². The minimum absolute atomic E-state index is 0.0324. The fourth-order valence-corrected chi connectivity index (χ4v) is 3.68. The molecular weight excluding hydrogens is 344 g/mol. The van der Waals surface area contributed by atoms with Crippen LogP contribution in [0.1, 0.15) is 34.3 Å². The maximum atomic E-state index is 12.3. The number of nitrogens with one attached hydrogen (secondary N) is 1. The van der Waals surface area contributed by atoms with Gasteiger partial charge in [0.15, 0.2) is 5.69 Å². The van der Waals surface area contributed by atoms with Crippen LogP contribution in [0.3, 0.4) is 0 Å². The van der Waals surface area contributed by atoms with Crippen LogP contribution in [0.25, 0.3) is 0 Å². The number of nitrogens with zero attached hydrogens (tertiary/aromatic N) is 3. The lowest BCUT2D eigenvalue weighted by Gasteiger charge is -2.35. The Morgan fingerprint density at radius 3 is 2.80 bits per heavy atom. The highest BCUT2D eigenvalue weighted by molar-refractivity contribution is 6.30. The number of carbonyl (C=O) groups is 1. The number of rotatable bonds is 3. The molecule has 1 amide bonds. The number of morpholine rings is 1. The SMILES string of the molecule is Cc1nonc1C(=O)N[C@H]1C[C@H]2CO[C@@H](c3ccc(Cl)cc3)CN2C1. The standard InChI is InChI=1S/C17H19ClN4O3/c1-10-16(21-25-20-10)17(23)19-13-6-14-9-24-15(8-22(14)7-13)11-2-4-12(18)5-3-11/h2-5,13-15H,6-9H2,1H3,(H,19,23)/t13-,14-,15+/m0/s1. The molecule has 1 N–H and O–H groups in total. The minimum atomic E-state index is -0.237. The largest absolute Gasteiger partial charge is 0.371 e. The smallest absolute Gasteiger partial charge is 0.275 e. The third kappa shape index (κ3) is 3.40. The van der Waals surface area contributed by atoms with Crippen LogP contribution in [0.15, 0.2) is 28.9 Å². The number of hydrogen-bond donors (Lipinski definition) is 1. The predicted molar refractivity (Wildman–Crippen MR) is 90.4 cm³/mol. The number of ether oxygens (including phenoxy) is 1. The van der Waals surface area contributed by atoms with Crippen molar-refractivity contribution in [3.05, 3.63) is 46.2 Å². The van der Waals surface area contributed by atoms with Crippen molar-refractivity contribution in [2.24, 2.45) is 0 Å². The molecule has 2 aliphatic heterocycles. The second-order valence-electron chi connectivity index (χ2n) is 6.59. The average Bonchev–Trinajstić information content (AvgIpc) is 3.20. The van der Waals surface area contributed by atoms with Gasteiger partial charge in [-0.2, -0.15) is 0 Å². The first kappa shape index (κ1) is 16.5. The molecule has 0 spiro atoms. The number of benzene rings is 1. The summed E-state index contributed by atoms with van der Waals surface area (Å²) in [5.41, 5.74) is 1.87. The Labute approximate surface area is 150 Å². The van der Waals surface area contributed by atoms with E-state index in [-0.39, 0.29) is 23.7 Å². The van der Waals surface area contributed by atoms with E-state index in [1.165, 1.54) is 0 Å². The molecule has 2 fully saturated rings. The number of aromatic nitrogens is 2. The van der Waals surface area contributed by atoms with E-state index in [4.69, 9.17) is 16.3 Å². The number of hydrogen-bond acceptors (Lipinski definition) is 6. The molecule has 25 heavy (non-hydrogen) atoms. The maximum Gasteiger partial charge on any atom is 0.275 e. The lowest BCUT2D eigenvalue weighted by molar-refractivity contribution is -0.0502. The van der Waals surface area contributed by atoms with Gasteiger partial charge in [0.25, 0.3) is 5.91 Å². The van der Waals surface area contributed by atoms with Crippen LogP contribution in [0.2, 0.25) is 5.02 Å². The van der Waals surface area contributed by atoms with Gasteiger partial charge in [-0.1, -0.05) is 28.9 Å². The van der Waals surface area contributed by atoms with Crippen molar-refractivity contribution in [3.63, 3.8) is 0 Å². The van der Waals surface area contributed by atoms with Crippen molar-refractivity contribution < 1.29 is 14.2 Å². The van der Waals surface area contributed by atoms with Gasteiger partial charge in [0.2, 0.25) is 0 Å². The quantitative estimate of drug-likeness (QED) is 0.899. The van der Waals surface area contributed by atoms with Gasteiger partial charge in [-0.05, 0) is 36.2 Å². The van der Waals surface area contributed by atoms with Gasteiger partial charge in [-0.3, -0.25) is 9.69 Å². The molecule has 7 nitrogen and oxygen atoms in total. The molecular formula is C17H19ClN4O3. The van der Waals surface area contributed by atoms with Crippen molar-refractivity contribution in [2.45, 2.75) is 31.5 Å². The molecule has 8 heteroatoms. The third-order valence-electron chi connectivity index (χ3n) is 4.86. The second-order valence-corrected chi connectivity index (χ2v) is 7.02. The summed E-state index contributed by atoms with van der Waals surface area (Å²) in [4.78, 5) is 14.6. The van der Waals surface area contributed by atoms with Crippen molar-refractivity contribution in [1.29, 1.82) is 0 Å². The van der Waals surface area contributed by atoms with E-state index in [0.29, 0.717) is 18.3 Å². The Morgan fingerprint density at radius 2 is 2.08 bits per heavy atom. The predicted octanol–water partition coefficient (Wildman–Crippen LogP) is 1.98. The van der Waals surface area contributed by atoms with E-state index < -0.39 is 0 Å². The summed E-state index contributed by atoms with van der Waals surface area (Å²) in [5.74, 6) is -0.237. The normalized spacial score (nSPS) is 26.4. The molecule has 132 valence electrons. The molecule has 0 unspecified atom stereocenters. The maximum absolute atomic E-state index is 12.3. The summed E-state index contributed by atoms with van der Waals surface area (Å²) in [6, 6.07) is 8.17. The zero-order valence-electron chi connectivity index (χ0n) is 13.8. The molecule has 1 aromatic carbocycles. The summed E-state index contributed by atoms with van der Waals surface area (Å²) < 4.78 is 10.6. The van der Waals surface area contributed by atoms with Crippen molar-refractivity contribution in [1.82, 2.24) is 20.5 Å². The lowest BCUT2D eigenvalue weighted by Crippen LogP contribution is -2.43. The highest BCUT2D eigenvalue weighted by Gasteiger charge is 2.38. The molecule has 2 aliphatic rings. The highest BCUT2D eigenvalue weighted by Crippen LogP contribution is 2.30. The van der Waals surface area contributed by atoms with Crippen LogP contribution < -0.4 is 5.32 Å². The van der Waals surface area contributed by atoms with Crippen LogP contribution in [0, 0.1) is 6.92 Å². The number of fused-ring (bicyclic) bond motifs is 1. The Kier molecular flexibility index (Phi) is 4.45. The first-order chi connectivity index (χ1) is 12.1. The summed E-state index contributed by atoms with van der Waals surface area (Å²) in [6.45, 7) is 3.97. The number of carbonyl (C=O) groups excluding carboxylic acids is 1. The van der Waals surface area contributed by atoms with Crippen molar-refractivity contribution in [2.75, 3.05) is 19.7 Å². The molecule has 0 bridgehead atoms. The van der Waals surface area contributed by atoms with E-state index >= 15 is 0 Å². The van der Waals surface area contributed by atoms with Gasteiger partial charge in [-0.25, -0.2) is 4.63 Å². The van der Waals surface area contributed by atoms with E-state index in [9.17, 15) is 4.79 Å². The van der Waals surface area contributed by atoms with Crippen LogP contribution in [0.4, 0.5) is 0 Å². The van der Waals surface area contributed by atoms with E-state index in [1.54, 1.807) is 6.92 Å². The van der Waals surface area contributed by atoms with Crippen molar-refractivity contribution in [3.8, 4) is 0 Å². The Hall–Kier alpha value is -1.96. The van der Waals surface area contributed by atoms with Crippen LogP contribution in [-0.2, 0) is 4.74 Å². The lowest BCUT2D eigenvalue weighted by atomic mass is 10.1. The molecule has 0 saturated carbocycles. The Morgan fingerprint density at radius 1 is 1.28 bits per heavy atom. The summed E-state index contributed by atoms with van der Waals surface area (Å²) in [6.07, 6.45) is 0.897. The van der Waals surface area contributed by atoms with E-state index in [1.807, 2.05) is 24.3 Å². The summed E-state index contributed by atoms with van der Waals surface area (Å²) >= 11 is 5.95. The number of halogens is 1. The molecule has 0 radical (unpaired) electrons. The van der Waals surface area contributed by atoms with Crippen LogP contribution in [0.5, 0.6) is 0 Å². The van der Waals surface area contributed by atoms with E-state index in [2.05, 4.69) is 25.2 Å². The molecule has 4 rings (SSSR count). The zero-order chi connectivity index (χ0) is 17.4. The molecule has 1 aromatic heterocycles. The fraction of sp³-hybridized carbons (Fsp3) is 0.471. The zero-order valence-corrected chi connectivity index (χ0v) is 14.6. The van der Waals surface area contributed by atoms with Gasteiger partial charge in [0.1, 0.15) is 5.69 Å². The second kappa shape index (κ2) is 6.74. The molecule has 3 heterocycles. The molecule has 2 aromatic rings. The summed E-state index contributed by atoms with van der Waals surface area (Å²) in [5, 5.41) is 11.1. The minimum Gasteiger partial charge on any atom is -0.371 e. The van der Waals surface area contributed by atoms with Crippen LogP contribution in [-0.4, -0.2) is 52.9 Å². The van der Waals surface area contributed by atoms with E-state index in [0.717, 1.165) is 30.1 Å². The van der Waals surface area contributed by atoms with Gasteiger partial charge in [-0.15, -0.1) is 0 Å². The average molecular weight is 363 g/mol. The molecule has 3 atom stereocenters. The number of amides is 1. The first-order valence-electron chi connectivity index (χ1n) is 8.31. The third-order valence-corrected chi connectivity index (χ3v) is 5.11. The highest BCUT2D eigenvalue weighted by atomic mass is 35.5. The first-order valence-corrected chi connectivity index (χ1v) is 8.69. The Balaban J connectivity index is 1.38. The van der Waals surface area contributed by atoms with Gasteiger partial charge in [0.05, 0.1) is 12.7 Å². The molecule has 0 aliphatic carbocycles. The molecule has 2 saturated heterocycles. The van der Waals surface area contributed by atoms with Crippen LogP contribution >= 0.6 is 11.6 Å². The van der Waals surface area contributed by atoms with Gasteiger partial charge in [0, 0.05) is 30.2 Å². The Bertz CT molecular complexity index is 764. The summed E-state index contributed by atoms with van der Waals surface area (Å²) in [7, 11) is 0.